The van der Waals surface area contributed by atoms with Crippen LogP contribution in [-0.4, -0.2) is 71.8 Å². The highest BCUT2D eigenvalue weighted by Crippen LogP contribution is 2.29. The van der Waals surface area contributed by atoms with Gasteiger partial charge in [0, 0.05) is 32.0 Å². The van der Waals surface area contributed by atoms with Crippen molar-refractivity contribution < 1.29 is 28.4 Å². The topological polar surface area (TPSA) is 78.2 Å². The Kier molecular flexibility index (Phi) is 8.45. The molecule has 0 amide bonds. The van der Waals surface area contributed by atoms with Crippen LogP contribution in [0.1, 0.15) is 17.0 Å². The number of ether oxygens (including phenoxy) is 4. The van der Waals surface area contributed by atoms with Gasteiger partial charge in [0.15, 0.2) is 11.5 Å². The standard InChI is InChI=1S/C27H34FN3O5/c1-20-14-23(5-6-24(20)28)36-19-27(32)17-30(10-12-34-18-27)16-22-4-7-25(26(15-22)33-3)35-13-11-31-9-8-29-21(31)2/h4-9,14-15,32H,10-13,16-19H2,1-3H3. The van der Waals surface area contributed by atoms with Crippen LogP contribution in [0.15, 0.2) is 48.8 Å². The van der Waals surface area contributed by atoms with E-state index in [9.17, 15) is 9.50 Å². The van der Waals surface area contributed by atoms with Crippen LogP contribution in [-0.2, 0) is 17.8 Å². The zero-order valence-electron chi connectivity index (χ0n) is 21.1. The average molecular weight is 500 g/mol. The van der Waals surface area contributed by atoms with Gasteiger partial charge in [-0.2, -0.15) is 0 Å². The van der Waals surface area contributed by atoms with Gasteiger partial charge < -0.3 is 28.6 Å². The predicted molar refractivity (Wildman–Crippen MR) is 133 cm³/mol. The first-order chi connectivity index (χ1) is 17.3. The Morgan fingerprint density at radius 1 is 1.14 bits per heavy atom. The molecule has 36 heavy (non-hydrogen) atoms. The minimum Gasteiger partial charge on any atom is -0.493 e. The Morgan fingerprint density at radius 3 is 2.75 bits per heavy atom. The van der Waals surface area contributed by atoms with Crippen LogP contribution in [0.3, 0.4) is 0 Å². The largest absolute Gasteiger partial charge is 0.493 e. The van der Waals surface area contributed by atoms with E-state index < -0.39 is 5.60 Å². The molecule has 1 aromatic heterocycles. The first-order valence-electron chi connectivity index (χ1n) is 12.0. The fourth-order valence-corrected chi connectivity index (χ4v) is 4.23. The summed E-state index contributed by atoms with van der Waals surface area (Å²) in [6, 6.07) is 10.4. The van der Waals surface area contributed by atoms with Crippen LogP contribution >= 0.6 is 0 Å². The minimum atomic E-state index is -1.20. The number of hydrogen-bond acceptors (Lipinski definition) is 7. The van der Waals surface area contributed by atoms with Gasteiger partial charge in [-0.1, -0.05) is 6.07 Å². The summed E-state index contributed by atoms with van der Waals surface area (Å²) in [5.74, 6) is 2.51. The van der Waals surface area contributed by atoms with Gasteiger partial charge in [0.1, 0.15) is 36.2 Å². The molecule has 0 radical (unpaired) electrons. The second-order valence-corrected chi connectivity index (χ2v) is 9.19. The van der Waals surface area contributed by atoms with E-state index in [0.29, 0.717) is 62.2 Å². The van der Waals surface area contributed by atoms with E-state index >= 15 is 0 Å². The van der Waals surface area contributed by atoms with Gasteiger partial charge >= 0.3 is 0 Å². The van der Waals surface area contributed by atoms with Crippen molar-refractivity contribution in [1.29, 1.82) is 0 Å². The zero-order valence-corrected chi connectivity index (χ0v) is 21.1. The Hall–Kier alpha value is -3.14. The number of methoxy groups -OCH3 is 1. The van der Waals surface area contributed by atoms with Crippen molar-refractivity contribution in [2.75, 3.05) is 46.6 Å². The first kappa shape index (κ1) is 25.9. The Morgan fingerprint density at radius 2 is 2.00 bits per heavy atom. The fraction of sp³-hybridized carbons (Fsp3) is 0.444. The third-order valence-corrected chi connectivity index (χ3v) is 6.23. The number of aryl methyl sites for hydroxylation is 2. The maximum Gasteiger partial charge on any atom is 0.161 e. The van der Waals surface area contributed by atoms with E-state index in [1.54, 1.807) is 32.4 Å². The normalized spacial score (nSPS) is 18.6. The maximum absolute atomic E-state index is 13.5. The highest BCUT2D eigenvalue weighted by molar-refractivity contribution is 5.43. The molecule has 0 aliphatic carbocycles. The lowest BCUT2D eigenvalue weighted by Gasteiger charge is -2.30. The van der Waals surface area contributed by atoms with Crippen molar-refractivity contribution in [2.45, 2.75) is 32.5 Å². The molecule has 1 N–H and O–H groups in total. The van der Waals surface area contributed by atoms with E-state index in [-0.39, 0.29) is 19.0 Å². The van der Waals surface area contributed by atoms with Gasteiger partial charge in [-0.15, -0.1) is 0 Å². The van der Waals surface area contributed by atoms with E-state index in [0.717, 1.165) is 11.4 Å². The van der Waals surface area contributed by atoms with Crippen LogP contribution in [0.25, 0.3) is 0 Å². The molecular formula is C27H34FN3O5. The number of rotatable bonds is 10. The summed E-state index contributed by atoms with van der Waals surface area (Å²) in [4.78, 5) is 6.35. The van der Waals surface area contributed by atoms with E-state index in [1.807, 2.05) is 35.9 Å². The third-order valence-electron chi connectivity index (χ3n) is 6.23. The van der Waals surface area contributed by atoms with Crippen LogP contribution in [0.4, 0.5) is 4.39 Å². The Labute approximate surface area is 211 Å². The van der Waals surface area contributed by atoms with Crippen molar-refractivity contribution >= 4 is 0 Å². The summed E-state index contributed by atoms with van der Waals surface area (Å²) in [6.07, 6.45) is 3.70. The smallest absolute Gasteiger partial charge is 0.161 e. The van der Waals surface area contributed by atoms with E-state index in [1.165, 1.54) is 6.07 Å². The van der Waals surface area contributed by atoms with Crippen molar-refractivity contribution in [3.05, 3.63) is 71.6 Å². The number of nitrogens with zero attached hydrogens (tertiary/aromatic N) is 3. The van der Waals surface area contributed by atoms with Crippen molar-refractivity contribution in [1.82, 2.24) is 14.5 Å². The van der Waals surface area contributed by atoms with Crippen LogP contribution < -0.4 is 14.2 Å². The number of β-amino-alcohol motifs (C(OH)–C–C–N with tert-alkyl or cyclic N) is 1. The number of benzene rings is 2. The molecule has 1 aliphatic heterocycles. The molecule has 9 heteroatoms. The lowest BCUT2D eigenvalue weighted by atomic mass is 10.1. The second kappa shape index (κ2) is 11.7. The van der Waals surface area contributed by atoms with Crippen LogP contribution in [0.2, 0.25) is 0 Å². The van der Waals surface area contributed by atoms with Crippen molar-refractivity contribution in [3.8, 4) is 17.2 Å². The molecule has 0 spiro atoms. The predicted octanol–water partition coefficient (Wildman–Crippen LogP) is 3.37. The molecular weight excluding hydrogens is 465 g/mol. The maximum atomic E-state index is 13.5. The zero-order chi connectivity index (χ0) is 25.5. The fourth-order valence-electron chi connectivity index (χ4n) is 4.23. The molecule has 0 saturated carbocycles. The second-order valence-electron chi connectivity index (χ2n) is 9.19. The molecule has 1 fully saturated rings. The third kappa shape index (κ3) is 6.75. The number of halogens is 1. The number of aromatic nitrogens is 2. The molecule has 3 aromatic rings. The molecule has 8 nitrogen and oxygen atoms in total. The van der Waals surface area contributed by atoms with Crippen LogP contribution in [0.5, 0.6) is 17.2 Å². The van der Waals surface area contributed by atoms with Crippen molar-refractivity contribution in [3.63, 3.8) is 0 Å². The summed E-state index contributed by atoms with van der Waals surface area (Å²) >= 11 is 0. The molecule has 0 bridgehead atoms. The quantitative estimate of drug-likeness (QED) is 0.458. The summed E-state index contributed by atoms with van der Waals surface area (Å²) < 4.78 is 38.6. The molecule has 1 saturated heterocycles. The Balaban J connectivity index is 1.35. The Bertz CT molecular complexity index is 1150. The SMILES string of the molecule is COc1cc(CN2CCOCC(O)(COc3ccc(F)c(C)c3)C2)ccc1OCCn1ccnc1C. The summed E-state index contributed by atoms with van der Waals surface area (Å²) in [7, 11) is 1.62. The molecule has 1 aliphatic rings. The lowest BCUT2D eigenvalue weighted by molar-refractivity contribution is -0.0646. The highest BCUT2D eigenvalue weighted by Gasteiger charge is 2.33. The van der Waals surface area contributed by atoms with Gasteiger partial charge in [-0.25, -0.2) is 9.37 Å². The average Bonchev–Trinajstić information content (AvgIpc) is 3.18. The minimum absolute atomic E-state index is 0.0427. The van der Waals surface area contributed by atoms with Gasteiger partial charge in [-0.3, -0.25) is 4.90 Å². The van der Waals surface area contributed by atoms with Gasteiger partial charge in [0.05, 0.1) is 26.9 Å². The van der Waals surface area contributed by atoms with Gasteiger partial charge in [0.25, 0.3) is 0 Å². The summed E-state index contributed by atoms with van der Waals surface area (Å²) in [6.45, 7) is 7.19. The lowest BCUT2D eigenvalue weighted by Crippen LogP contribution is -2.48. The van der Waals surface area contributed by atoms with Crippen molar-refractivity contribution in [2.24, 2.45) is 0 Å². The van der Waals surface area contributed by atoms with Crippen LogP contribution in [0, 0.1) is 19.7 Å². The molecule has 2 aromatic carbocycles. The number of imidazole rings is 1. The number of aliphatic hydroxyl groups is 1. The highest BCUT2D eigenvalue weighted by atomic mass is 19.1. The van der Waals surface area contributed by atoms with Gasteiger partial charge in [-0.05, 0) is 55.3 Å². The number of hydrogen-bond donors (Lipinski definition) is 1. The molecule has 194 valence electrons. The first-order valence-corrected chi connectivity index (χ1v) is 12.0. The molecule has 1 unspecified atom stereocenters. The summed E-state index contributed by atoms with van der Waals surface area (Å²) in [5, 5.41) is 11.2. The summed E-state index contributed by atoms with van der Waals surface area (Å²) in [5.41, 5.74) is 0.331. The van der Waals surface area contributed by atoms with E-state index in [2.05, 4.69) is 9.88 Å². The molecule has 2 heterocycles. The molecule has 4 rings (SSSR count). The molecule has 1 atom stereocenters. The van der Waals surface area contributed by atoms with Gasteiger partial charge in [0.2, 0.25) is 0 Å². The monoisotopic (exact) mass is 499 g/mol. The van der Waals surface area contributed by atoms with E-state index in [4.69, 9.17) is 18.9 Å².